The molecule has 0 aliphatic carbocycles. The molecule has 0 radical (unpaired) electrons. The molecule has 0 bridgehead atoms. The van der Waals surface area contributed by atoms with E-state index in [4.69, 9.17) is 4.74 Å². The number of aryl methyl sites for hydroxylation is 1. The van der Waals surface area contributed by atoms with Crippen molar-refractivity contribution in [3.63, 3.8) is 0 Å². The van der Waals surface area contributed by atoms with Gasteiger partial charge >= 0.3 is 0 Å². The van der Waals surface area contributed by atoms with Crippen LogP contribution in [0.25, 0.3) is 11.7 Å². The van der Waals surface area contributed by atoms with E-state index < -0.39 is 0 Å². The van der Waals surface area contributed by atoms with Gasteiger partial charge in [-0.05, 0) is 42.8 Å². The lowest BCUT2D eigenvalue weighted by Crippen LogP contribution is -2.08. The number of carbonyl (C=O) groups is 1. The van der Waals surface area contributed by atoms with Crippen LogP contribution in [0.5, 0.6) is 5.75 Å². The molecule has 0 aliphatic heterocycles. The number of hydrogen-bond donors (Lipinski definition) is 1. The van der Waals surface area contributed by atoms with Gasteiger partial charge in [0.1, 0.15) is 11.6 Å². The highest BCUT2D eigenvalue weighted by molar-refractivity contribution is 6.01. The third-order valence-corrected chi connectivity index (χ3v) is 3.23. The number of rotatable bonds is 4. The third-order valence-electron chi connectivity index (χ3n) is 3.23. The molecular formula is C17H16N4O2. The van der Waals surface area contributed by atoms with Gasteiger partial charge in [0.2, 0.25) is 5.91 Å². The minimum Gasteiger partial charge on any atom is -0.497 e. The zero-order valence-corrected chi connectivity index (χ0v) is 12.9. The topological polar surface area (TPSA) is 68.5 Å². The Morgan fingerprint density at radius 2 is 2.17 bits per heavy atom. The Labute approximate surface area is 133 Å². The quantitative estimate of drug-likeness (QED) is 0.752. The Bertz CT molecular complexity index is 883. The summed E-state index contributed by atoms with van der Waals surface area (Å²) in [6, 6.07) is 11.1. The molecule has 2 aromatic heterocycles. The summed E-state index contributed by atoms with van der Waals surface area (Å²) in [4.78, 5) is 16.2. The highest BCUT2D eigenvalue weighted by atomic mass is 16.5. The van der Waals surface area contributed by atoms with Gasteiger partial charge in [0.15, 0.2) is 5.65 Å². The van der Waals surface area contributed by atoms with Gasteiger partial charge < -0.3 is 10.1 Å². The number of ether oxygens (including phenoxy) is 1. The van der Waals surface area contributed by atoms with E-state index >= 15 is 0 Å². The highest BCUT2D eigenvalue weighted by Gasteiger charge is 2.02. The van der Waals surface area contributed by atoms with E-state index in [0.29, 0.717) is 11.5 Å². The van der Waals surface area contributed by atoms with Gasteiger partial charge in [0.25, 0.3) is 0 Å². The predicted molar refractivity (Wildman–Crippen MR) is 88.4 cm³/mol. The Hall–Kier alpha value is -3.15. The molecule has 0 unspecified atom stereocenters. The molecule has 6 heteroatoms. The molecule has 0 spiro atoms. The molecule has 0 saturated carbocycles. The van der Waals surface area contributed by atoms with Crippen molar-refractivity contribution >= 4 is 23.3 Å². The number of benzene rings is 1. The van der Waals surface area contributed by atoms with Crippen LogP contribution in [0, 0.1) is 6.92 Å². The van der Waals surface area contributed by atoms with Gasteiger partial charge in [-0.1, -0.05) is 12.1 Å². The molecule has 3 aromatic rings. The number of fused-ring (bicyclic) bond motifs is 1. The minimum atomic E-state index is -0.219. The molecule has 3 rings (SSSR count). The van der Waals surface area contributed by atoms with Crippen LogP contribution in [0.4, 0.5) is 5.69 Å². The fraction of sp³-hybridized carbons (Fsp3) is 0.118. The summed E-state index contributed by atoms with van der Waals surface area (Å²) < 4.78 is 6.79. The van der Waals surface area contributed by atoms with Crippen LogP contribution in [0.15, 0.2) is 48.7 Å². The van der Waals surface area contributed by atoms with E-state index in [9.17, 15) is 4.79 Å². The molecule has 23 heavy (non-hydrogen) atoms. The highest BCUT2D eigenvalue weighted by Crippen LogP contribution is 2.14. The van der Waals surface area contributed by atoms with Crippen LogP contribution in [0.1, 0.15) is 11.4 Å². The fourth-order valence-electron chi connectivity index (χ4n) is 2.17. The van der Waals surface area contributed by atoms with E-state index in [2.05, 4.69) is 15.4 Å². The first-order chi connectivity index (χ1) is 11.1. The van der Waals surface area contributed by atoms with Crippen LogP contribution in [-0.4, -0.2) is 27.6 Å². The maximum atomic E-state index is 12.0. The number of methoxy groups -OCH3 is 1. The summed E-state index contributed by atoms with van der Waals surface area (Å²) in [5.41, 5.74) is 2.29. The van der Waals surface area contributed by atoms with Gasteiger partial charge in [0.05, 0.1) is 19.0 Å². The standard InChI is InChI=1S/C17H16N4O2/c1-12-18-16-8-7-14(11-21(16)20-12)19-17(22)9-6-13-4-3-5-15(10-13)23-2/h3-11H,1-2H3,(H,19,22)/b9-6+. The summed E-state index contributed by atoms with van der Waals surface area (Å²) in [7, 11) is 1.61. The Morgan fingerprint density at radius 1 is 1.30 bits per heavy atom. The third kappa shape index (κ3) is 3.55. The minimum absolute atomic E-state index is 0.219. The van der Waals surface area contributed by atoms with Crippen LogP contribution in [-0.2, 0) is 4.79 Å². The number of hydrogen-bond acceptors (Lipinski definition) is 4. The summed E-state index contributed by atoms with van der Waals surface area (Å²) in [6.07, 6.45) is 4.94. The summed E-state index contributed by atoms with van der Waals surface area (Å²) >= 11 is 0. The molecule has 0 atom stereocenters. The van der Waals surface area contributed by atoms with Crippen LogP contribution >= 0.6 is 0 Å². The SMILES string of the molecule is COc1cccc(/C=C/C(=O)Nc2ccc3nc(C)nn3c2)c1. The van der Waals surface area contributed by atoms with Crippen molar-refractivity contribution < 1.29 is 9.53 Å². The summed E-state index contributed by atoms with van der Waals surface area (Å²) in [6.45, 7) is 1.82. The zero-order chi connectivity index (χ0) is 16.2. The van der Waals surface area contributed by atoms with Crippen molar-refractivity contribution in [2.75, 3.05) is 12.4 Å². The normalized spacial score (nSPS) is 11.0. The second-order valence-electron chi connectivity index (χ2n) is 4.98. The number of nitrogens with zero attached hydrogens (tertiary/aromatic N) is 3. The second-order valence-corrected chi connectivity index (χ2v) is 4.98. The second kappa shape index (κ2) is 6.31. The molecule has 1 N–H and O–H groups in total. The lowest BCUT2D eigenvalue weighted by Gasteiger charge is -2.02. The Morgan fingerprint density at radius 3 is 3.00 bits per heavy atom. The van der Waals surface area contributed by atoms with Crippen molar-refractivity contribution in [3.8, 4) is 5.75 Å². The van der Waals surface area contributed by atoms with Gasteiger partial charge in [0, 0.05) is 6.08 Å². The smallest absolute Gasteiger partial charge is 0.248 e. The maximum Gasteiger partial charge on any atom is 0.248 e. The van der Waals surface area contributed by atoms with Gasteiger partial charge in [-0.3, -0.25) is 4.79 Å². The summed E-state index contributed by atoms with van der Waals surface area (Å²) in [5.74, 6) is 1.22. The molecule has 0 saturated heterocycles. The van der Waals surface area contributed by atoms with Crippen molar-refractivity contribution in [3.05, 3.63) is 60.1 Å². The van der Waals surface area contributed by atoms with E-state index in [1.807, 2.05) is 31.2 Å². The van der Waals surface area contributed by atoms with Crippen LogP contribution < -0.4 is 10.1 Å². The Balaban J connectivity index is 1.71. The van der Waals surface area contributed by atoms with Crippen molar-refractivity contribution in [2.45, 2.75) is 6.92 Å². The van der Waals surface area contributed by atoms with E-state index in [0.717, 1.165) is 17.0 Å². The first kappa shape index (κ1) is 14.8. The lowest BCUT2D eigenvalue weighted by atomic mass is 10.2. The van der Waals surface area contributed by atoms with Crippen molar-refractivity contribution in [2.24, 2.45) is 0 Å². The summed E-state index contributed by atoms with van der Waals surface area (Å²) in [5, 5.41) is 7.01. The molecule has 116 valence electrons. The Kier molecular flexibility index (Phi) is 4.05. The number of pyridine rings is 1. The predicted octanol–water partition coefficient (Wildman–Crippen LogP) is 2.70. The molecule has 1 aromatic carbocycles. The largest absolute Gasteiger partial charge is 0.497 e. The molecule has 1 amide bonds. The average Bonchev–Trinajstić information content (AvgIpc) is 2.92. The van der Waals surface area contributed by atoms with Crippen molar-refractivity contribution in [1.29, 1.82) is 0 Å². The van der Waals surface area contributed by atoms with E-state index in [-0.39, 0.29) is 5.91 Å². The van der Waals surface area contributed by atoms with Gasteiger partial charge in [-0.25, -0.2) is 9.50 Å². The van der Waals surface area contributed by atoms with Gasteiger partial charge in [-0.15, -0.1) is 0 Å². The monoisotopic (exact) mass is 308 g/mol. The number of nitrogens with one attached hydrogen (secondary N) is 1. The number of anilines is 1. The number of carbonyl (C=O) groups excluding carboxylic acids is 1. The molecule has 0 fully saturated rings. The lowest BCUT2D eigenvalue weighted by molar-refractivity contribution is -0.111. The molecule has 6 nitrogen and oxygen atoms in total. The van der Waals surface area contributed by atoms with Gasteiger partial charge in [-0.2, -0.15) is 5.10 Å². The van der Waals surface area contributed by atoms with Crippen LogP contribution in [0.2, 0.25) is 0 Å². The fourth-order valence-corrected chi connectivity index (χ4v) is 2.17. The first-order valence-corrected chi connectivity index (χ1v) is 7.10. The number of amides is 1. The average molecular weight is 308 g/mol. The first-order valence-electron chi connectivity index (χ1n) is 7.10. The molecule has 0 aliphatic rings. The van der Waals surface area contributed by atoms with E-state index in [1.54, 1.807) is 36.0 Å². The maximum absolute atomic E-state index is 12.0. The van der Waals surface area contributed by atoms with Crippen LogP contribution in [0.3, 0.4) is 0 Å². The molecule has 2 heterocycles. The number of aromatic nitrogens is 3. The molecular weight excluding hydrogens is 292 g/mol. The van der Waals surface area contributed by atoms with Crippen molar-refractivity contribution in [1.82, 2.24) is 14.6 Å². The zero-order valence-electron chi connectivity index (χ0n) is 12.9. The van der Waals surface area contributed by atoms with E-state index in [1.165, 1.54) is 6.08 Å².